The van der Waals surface area contributed by atoms with Crippen LogP contribution in [0, 0.1) is 19.7 Å². The highest BCUT2D eigenvalue weighted by Crippen LogP contribution is 2.25. The highest BCUT2D eigenvalue weighted by molar-refractivity contribution is 7.92. The highest BCUT2D eigenvalue weighted by Gasteiger charge is 2.32. The first-order valence-electron chi connectivity index (χ1n) is 12.4. The number of anilines is 1. The molecule has 0 fully saturated rings. The molecule has 3 rings (SSSR count). The van der Waals surface area contributed by atoms with Crippen molar-refractivity contribution in [2.45, 2.75) is 58.1 Å². The Kier molecular flexibility index (Phi) is 9.27. The quantitative estimate of drug-likeness (QED) is 0.409. The summed E-state index contributed by atoms with van der Waals surface area (Å²) in [4.78, 5) is 28.0. The van der Waals surface area contributed by atoms with Crippen LogP contribution in [0.4, 0.5) is 10.1 Å². The third-order valence-electron chi connectivity index (χ3n) is 6.07. The maximum Gasteiger partial charge on any atom is 0.264 e. The summed E-state index contributed by atoms with van der Waals surface area (Å²) < 4.78 is 42.1. The molecule has 1 atom stereocenters. The molecule has 7 nitrogen and oxygen atoms in total. The van der Waals surface area contributed by atoms with Gasteiger partial charge in [-0.05, 0) is 76.6 Å². The number of hydrogen-bond donors (Lipinski definition) is 1. The van der Waals surface area contributed by atoms with Crippen molar-refractivity contribution >= 4 is 27.5 Å². The Morgan fingerprint density at radius 1 is 0.842 bits per heavy atom. The van der Waals surface area contributed by atoms with Crippen molar-refractivity contribution in [2.24, 2.45) is 0 Å². The van der Waals surface area contributed by atoms with E-state index < -0.39 is 34.3 Å². The van der Waals surface area contributed by atoms with Crippen molar-refractivity contribution in [1.29, 1.82) is 0 Å². The SMILES string of the molecule is Cc1ccc(N(CC(=O)N(Cc2ccc(F)cc2)[C@@H](C)C(=O)NC(C)C)S(=O)(=O)c2ccc(C)cc2)cc1. The van der Waals surface area contributed by atoms with Crippen LogP contribution in [0.1, 0.15) is 37.5 Å². The van der Waals surface area contributed by atoms with E-state index >= 15 is 0 Å². The van der Waals surface area contributed by atoms with Crippen LogP contribution in [-0.2, 0) is 26.2 Å². The molecule has 0 aliphatic heterocycles. The number of carbonyl (C=O) groups excluding carboxylic acids is 2. The molecule has 0 unspecified atom stereocenters. The fourth-order valence-corrected chi connectivity index (χ4v) is 5.27. The lowest BCUT2D eigenvalue weighted by Gasteiger charge is -2.32. The fourth-order valence-electron chi connectivity index (χ4n) is 3.85. The normalized spacial score (nSPS) is 12.2. The maximum atomic E-state index is 13.8. The molecule has 1 N–H and O–H groups in total. The molecule has 202 valence electrons. The number of nitrogens with one attached hydrogen (secondary N) is 1. The predicted octanol–water partition coefficient (Wildman–Crippen LogP) is 4.58. The molecule has 0 aliphatic rings. The van der Waals surface area contributed by atoms with E-state index in [-0.39, 0.29) is 23.4 Å². The fraction of sp³-hybridized carbons (Fsp3) is 0.310. The molecule has 0 saturated heterocycles. The van der Waals surface area contributed by atoms with E-state index in [0.29, 0.717) is 11.3 Å². The molecule has 38 heavy (non-hydrogen) atoms. The molecule has 0 aromatic heterocycles. The van der Waals surface area contributed by atoms with Crippen LogP contribution in [0.2, 0.25) is 0 Å². The average Bonchev–Trinajstić information content (AvgIpc) is 2.87. The number of aryl methyl sites for hydroxylation is 2. The number of rotatable bonds is 10. The van der Waals surface area contributed by atoms with E-state index in [0.717, 1.165) is 15.4 Å². The summed E-state index contributed by atoms with van der Waals surface area (Å²) >= 11 is 0. The zero-order valence-electron chi connectivity index (χ0n) is 22.3. The van der Waals surface area contributed by atoms with E-state index in [1.54, 1.807) is 43.3 Å². The first-order valence-corrected chi connectivity index (χ1v) is 13.8. The van der Waals surface area contributed by atoms with Gasteiger partial charge in [-0.15, -0.1) is 0 Å². The summed E-state index contributed by atoms with van der Waals surface area (Å²) in [5.74, 6) is -1.37. The van der Waals surface area contributed by atoms with Gasteiger partial charge in [0.25, 0.3) is 10.0 Å². The Bertz CT molecular complexity index is 1360. The molecule has 9 heteroatoms. The van der Waals surface area contributed by atoms with Crippen molar-refractivity contribution in [3.05, 3.63) is 95.3 Å². The summed E-state index contributed by atoms with van der Waals surface area (Å²) in [6.45, 7) is 8.41. The summed E-state index contributed by atoms with van der Waals surface area (Å²) in [7, 11) is -4.12. The van der Waals surface area contributed by atoms with Crippen LogP contribution in [-0.4, -0.2) is 43.8 Å². The summed E-state index contributed by atoms with van der Waals surface area (Å²) in [6, 6.07) is 17.8. The van der Waals surface area contributed by atoms with E-state index in [1.807, 2.05) is 27.7 Å². The number of benzene rings is 3. The van der Waals surface area contributed by atoms with Crippen LogP contribution >= 0.6 is 0 Å². The van der Waals surface area contributed by atoms with E-state index in [4.69, 9.17) is 0 Å². The molecule has 2 amide bonds. The third kappa shape index (κ3) is 7.19. The molecule has 0 heterocycles. The number of hydrogen-bond acceptors (Lipinski definition) is 4. The number of nitrogens with zero attached hydrogens (tertiary/aromatic N) is 2. The van der Waals surface area contributed by atoms with Gasteiger partial charge in [-0.1, -0.05) is 47.5 Å². The second kappa shape index (κ2) is 12.2. The van der Waals surface area contributed by atoms with Crippen molar-refractivity contribution in [3.8, 4) is 0 Å². The molecule has 0 bridgehead atoms. The summed E-state index contributed by atoms with van der Waals surface area (Å²) in [5, 5.41) is 2.80. The van der Waals surface area contributed by atoms with Crippen molar-refractivity contribution in [2.75, 3.05) is 10.8 Å². The Morgan fingerprint density at radius 2 is 1.37 bits per heavy atom. The second-order valence-corrected chi connectivity index (χ2v) is 11.5. The molecule has 0 aliphatic carbocycles. The molecular weight excluding hydrogens is 505 g/mol. The first kappa shape index (κ1) is 28.8. The highest BCUT2D eigenvalue weighted by atomic mass is 32.2. The van der Waals surface area contributed by atoms with E-state index in [2.05, 4.69) is 5.32 Å². The smallest absolute Gasteiger partial charge is 0.264 e. The van der Waals surface area contributed by atoms with Gasteiger partial charge in [0.05, 0.1) is 10.6 Å². The van der Waals surface area contributed by atoms with Crippen LogP contribution in [0.15, 0.2) is 77.7 Å². The summed E-state index contributed by atoms with van der Waals surface area (Å²) in [6.07, 6.45) is 0. The third-order valence-corrected chi connectivity index (χ3v) is 7.86. The average molecular weight is 540 g/mol. The Morgan fingerprint density at radius 3 is 1.89 bits per heavy atom. The molecule has 0 spiro atoms. The second-order valence-electron chi connectivity index (χ2n) is 9.65. The lowest BCUT2D eigenvalue weighted by Crippen LogP contribution is -2.52. The van der Waals surface area contributed by atoms with Crippen molar-refractivity contribution in [1.82, 2.24) is 10.2 Å². The monoisotopic (exact) mass is 539 g/mol. The Hall–Kier alpha value is -3.72. The van der Waals surface area contributed by atoms with E-state index in [9.17, 15) is 22.4 Å². The van der Waals surface area contributed by atoms with E-state index in [1.165, 1.54) is 41.3 Å². The van der Waals surface area contributed by atoms with Gasteiger partial charge < -0.3 is 10.2 Å². The molecular formula is C29H34FN3O4S. The van der Waals surface area contributed by atoms with Crippen LogP contribution in [0.5, 0.6) is 0 Å². The lowest BCUT2D eigenvalue weighted by molar-refractivity contribution is -0.139. The van der Waals surface area contributed by atoms with Gasteiger partial charge in [-0.3, -0.25) is 13.9 Å². The van der Waals surface area contributed by atoms with Crippen LogP contribution < -0.4 is 9.62 Å². The molecule has 3 aromatic carbocycles. The van der Waals surface area contributed by atoms with Crippen LogP contribution in [0.25, 0.3) is 0 Å². The zero-order valence-corrected chi connectivity index (χ0v) is 23.1. The molecule has 0 radical (unpaired) electrons. The molecule has 0 saturated carbocycles. The first-order chi connectivity index (χ1) is 17.9. The van der Waals surface area contributed by atoms with Gasteiger partial charge in [0, 0.05) is 12.6 Å². The van der Waals surface area contributed by atoms with Crippen molar-refractivity contribution < 1.29 is 22.4 Å². The largest absolute Gasteiger partial charge is 0.352 e. The summed E-state index contributed by atoms with van der Waals surface area (Å²) in [5.41, 5.74) is 2.76. The van der Waals surface area contributed by atoms with Gasteiger partial charge in [0.1, 0.15) is 18.4 Å². The Labute approximate surface area is 224 Å². The standard InChI is InChI=1S/C29H34FN3O4S/c1-20(2)31-29(35)23(5)32(18-24-10-12-25(30)13-11-24)28(34)19-33(26-14-6-21(3)7-15-26)38(36,37)27-16-8-22(4)9-17-27/h6-17,20,23H,18-19H2,1-5H3,(H,31,35)/t23-/m0/s1. The van der Waals surface area contributed by atoms with Gasteiger partial charge >= 0.3 is 0 Å². The Balaban J connectivity index is 2.02. The number of sulfonamides is 1. The minimum absolute atomic E-state index is 0.00187. The van der Waals surface area contributed by atoms with Crippen molar-refractivity contribution in [3.63, 3.8) is 0 Å². The number of amides is 2. The zero-order chi connectivity index (χ0) is 28.0. The van der Waals surface area contributed by atoms with Gasteiger partial charge in [-0.25, -0.2) is 12.8 Å². The van der Waals surface area contributed by atoms with Gasteiger partial charge in [0.2, 0.25) is 11.8 Å². The molecule has 3 aromatic rings. The maximum absolute atomic E-state index is 13.8. The predicted molar refractivity (Wildman–Crippen MR) is 147 cm³/mol. The topological polar surface area (TPSA) is 86.8 Å². The number of halogens is 1. The number of carbonyl (C=O) groups is 2. The van der Waals surface area contributed by atoms with Gasteiger partial charge in [-0.2, -0.15) is 0 Å². The minimum atomic E-state index is -4.12. The van der Waals surface area contributed by atoms with Crippen LogP contribution in [0.3, 0.4) is 0 Å². The van der Waals surface area contributed by atoms with Gasteiger partial charge in [0.15, 0.2) is 0 Å². The lowest BCUT2D eigenvalue weighted by atomic mass is 10.1. The minimum Gasteiger partial charge on any atom is -0.352 e.